The molecule has 0 radical (unpaired) electrons. The van der Waals surface area contributed by atoms with Gasteiger partial charge in [0.2, 0.25) is 11.8 Å². The standard InChI is InChI=1S/C11H20N4O5/c1-11(2,9(13)19)5-14-10(20)15-6(8(17)18)3-4-7(12)16/h6H,3-5H2,1-2H3,(H2,12,16)(H2,13,19)(H,17,18)(H2,14,15,20). The number of primary amides is 2. The van der Waals surface area contributed by atoms with E-state index >= 15 is 0 Å². The Morgan fingerprint density at radius 1 is 1.20 bits per heavy atom. The number of amides is 4. The van der Waals surface area contributed by atoms with Gasteiger partial charge in [-0.25, -0.2) is 9.59 Å². The lowest BCUT2D eigenvalue weighted by Crippen LogP contribution is -2.50. The van der Waals surface area contributed by atoms with Gasteiger partial charge in [-0.15, -0.1) is 0 Å². The van der Waals surface area contributed by atoms with Gasteiger partial charge in [0, 0.05) is 13.0 Å². The van der Waals surface area contributed by atoms with E-state index in [-0.39, 0.29) is 19.4 Å². The zero-order valence-corrected chi connectivity index (χ0v) is 11.4. The Morgan fingerprint density at radius 2 is 1.75 bits per heavy atom. The SMILES string of the molecule is CC(C)(CNC(=O)NC(CCC(N)=O)C(=O)O)C(N)=O. The number of nitrogens with two attached hydrogens (primary N) is 2. The van der Waals surface area contributed by atoms with Gasteiger partial charge in [0.05, 0.1) is 5.41 Å². The van der Waals surface area contributed by atoms with Crippen molar-refractivity contribution >= 4 is 23.8 Å². The van der Waals surface area contributed by atoms with E-state index in [9.17, 15) is 19.2 Å². The molecule has 20 heavy (non-hydrogen) atoms. The summed E-state index contributed by atoms with van der Waals surface area (Å²) in [6, 6.07) is -2.00. The Labute approximate surface area is 116 Å². The van der Waals surface area contributed by atoms with Crippen molar-refractivity contribution in [2.24, 2.45) is 16.9 Å². The van der Waals surface area contributed by atoms with Gasteiger partial charge in [-0.1, -0.05) is 0 Å². The van der Waals surface area contributed by atoms with Gasteiger partial charge in [0.15, 0.2) is 0 Å². The van der Waals surface area contributed by atoms with Crippen molar-refractivity contribution in [3.05, 3.63) is 0 Å². The van der Waals surface area contributed by atoms with Crippen LogP contribution in [0, 0.1) is 5.41 Å². The van der Waals surface area contributed by atoms with E-state index in [1.54, 1.807) is 0 Å². The fourth-order valence-electron chi connectivity index (χ4n) is 1.14. The van der Waals surface area contributed by atoms with Crippen molar-refractivity contribution in [1.29, 1.82) is 0 Å². The average Bonchev–Trinajstić information content (AvgIpc) is 2.31. The molecule has 1 unspecified atom stereocenters. The second-order valence-corrected chi connectivity index (χ2v) is 4.97. The number of hydrogen-bond donors (Lipinski definition) is 5. The van der Waals surface area contributed by atoms with Crippen molar-refractivity contribution in [1.82, 2.24) is 10.6 Å². The zero-order chi connectivity index (χ0) is 15.9. The Morgan fingerprint density at radius 3 is 2.15 bits per heavy atom. The van der Waals surface area contributed by atoms with Crippen molar-refractivity contribution in [3.8, 4) is 0 Å². The Hall–Kier alpha value is -2.32. The quantitative estimate of drug-likeness (QED) is 0.366. The topological polar surface area (TPSA) is 165 Å². The van der Waals surface area contributed by atoms with Crippen LogP contribution in [-0.2, 0) is 14.4 Å². The summed E-state index contributed by atoms with van der Waals surface area (Å²) in [5.74, 6) is -2.54. The third-order valence-corrected chi connectivity index (χ3v) is 2.64. The molecule has 0 fully saturated rings. The van der Waals surface area contributed by atoms with E-state index in [1.807, 2.05) is 0 Å². The molecule has 0 aliphatic carbocycles. The van der Waals surface area contributed by atoms with Gasteiger partial charge in [0.1, 0.15) is 6.04 Å². The molecule has 0 spiro atoms. The summed E-state index contributed by atoms with van der Waals surface area (Å²) in [5, 5.41) is 13.4. The minimum atomic E-state index is -1.28. The molecule has 0 rings (SSSR count). The van der Waals surface area contributed by atoms with Crippen molar-refractivity contribution in [2.45, 2.75) is 32.7 Å². The van der Waals surface area contributed by atoms with Crippen LogP contribution < -0.4 is 22.1 Å². The minimum Gasteiger partial charge on any atom is -0.480 e. The highest BCUT2D eigenvalue weighted by molar-refractivity contribution is 5.84. The first-order chi connectivity index (χ1) is 9.06. The number of carbonyl (C=O) groups excluding carboxylic acids is 3. The average molecular weight is 288 g/mol. The molecule has 0 aliphatic rings. The number of aliphatic carboxylic acids is 1. The molecule has 0 aromatic heterocycles. The third-order valence-electron chi connectivity index (χ3n) is 2.64. The molecule has 0 aromatic carbocycles. The minimum absolute atomic E-state index is 0.0453. The van der Waals surface area contributed by atoms with Crippen LogP contribution in [0.3, 0.4) is 0 Å². The molecule has 9 nitrogen and oxygen atoms in total. The summed E-state index contributed by atoms with van der Waals surface area (Å²) in [7, 11) is 0. The molecular weight excluding hydrogens is 268 g/mol. The van der Waals surface area contributed by atoms with Gasteiger partial charge in [0.25, 0.3) is 0 Å². The summed E-state index contributed by atoms with van der Waals surface area (Å²) in [6.45, 7) is 3.03. The van der Waals surface area contributed by atoms with Crippen LogP contribution in [0.1, 0.15) is 26.7 Å². The fraction of sp³-hybridized carbons (Fsp3) is 0.636. The maximum atomic E-state index is 11.5. The van der Waals surface area contributed by atoms with E-state index in [0.717, 1.165) is 0 Å². The summed E-state index contributed by atoms with van der Waals surface area (Å²) in [4.78, 5) is 44.0. The van der Waals surface area contributed by atoms with Crippen LogP contribution in [0.25, 0.3) is 0 Å². The van der Waals surface area contributed by atoms with E-state index in [4.69, 9.17) is 16.6 Å². The van der Waals surface area contributed by atoms with Crippen LogP contribution in [0.5, 0.6) is 0 Å². The van der Waals surface area contributed by atoms with Gasteiger partial charge in [-0.05, 0) is 20.3 Å². The Bertz CT molecular complexity index is 408. The van der Waals surface area contributed by atoms with Gasteiger partial charge >= 0.3 is 12.0 Å². The predicted octanol–water partition coefficient (Wildman–Crippen LogP) is -1.48. The number of carboxylic acids is 1. The highest BCUT2D eigenvalue weighted by Crippen LogP contribution is 2.11. The molecule has 0 aromatic rings. The molecule has 0 heterocycles. The van der Waals surface area contributed by atoms with Crippen molar-refractivity contribution in [3.63, 3.8) is 0 Å². The zero-order valence-electron chi connectivity index (χ0n) is 11.4. The molecular formula is C11H20N4O5. The second kappa shape index (κ2) is 7.31. The molecule has 0 saturated carbocycles. The maximum Gasteiger partial charge on any atom is 0.326 e. The lowest BCUT2D eigenvalue weighted by atomic mass is 9.93. The summed E-state index contributed by atoms with van der Waals surface area (Å²) < 4.78 is 0. The third kappa shape index (κ3) is 6.57. The molecule has 9 heteroatoms. The predicted molar refractivity (Wildman–Crippen MR) is 69.4 cm³/mol. The monoisotopic (exact) mass is 288 g/mol. The van der Waals surface area contributed by atoms with Crippen LogP contribution in [0.2, 0.25) is 0 Å². The fourth-order valence-corrected chi connectivity index (χ4v) is 1.14. The highest BCUT2D eigenvalue weighted by Gasteiger charge is 2.26. The molecule has 114 valence electrons. The number of nitrogens with one attached hydrogen (secondary N) is 2. The lowest BCUT2D eigenvalue weighted by molar-refractivity contribution is -0.139. The van der Waals surface area contributed by atoms with E-state index in [1.165, 1.54) is 13.8 Å². The van der Waals surface area contributed by atoms with E-state index in [2.05, 4.69) is 10.6 Å². The number of carboxylic acid groups (broad SMARTS) is 1. The lowest BCUT2D eigenvalue weighted by Gasteiger charge is -2.22. The van der Waals surface area contributed by atoms with Crippen LogP contribution in [0.4, 0.5) is 4.79 Å². The first-order valence-electron chi connectivity index (χ1n) is 5.91. The van der Waals surface area contributed by atoms with E-state index in [0.29, 0.717) is 0 Å². The molecule has 4 amide bonds. The molecule has 7 N–H and O–H groups in total. The molecule has 1 atom stereocenters. The first kappa shape index (κ1) is 17.7. The van der Waals surface area contributed by atoms with Crippen molar-refractivity contribution in [2.75, 3.05) is 6.54 Å². The number of rotatable bonds is 8. The van der Waals surface area contributed by atoms with E-state index < -0.39 is 35.3 Å². The summed E-state index contributed by atoms with van der Waals surface area (Å²) in [6.07, 6.45) is -0.276. The Kier molecular flexibility index (Phi) is 6.47. The molecule has 0 bridgehead atoms. The van der Waals surface area contributed by atoms with Crippen molar-refractivity contribution < 1.29 is 24.3 Å². The van der Waals surface area contributed by atoms with Gasteiger partial charge in [-0.2, -0.15) is 0 Å². The molecule has 0 saturated heterocycles. The number of urea groups is 1. The smallest absolute Gasteiger partial charge is 0.326 e. The summed E-state index contributed by atoms with van der Waals surface area (Å²) >= 11 is 0. The number of hydrogen-bond acceptors (Lipinski definition) is 4. The normalized spacial score (nSPS) is 12.3. The van der Waals surface area contributed by atoms with Crippen LogP contribution in [-0.4, -0.2) is 41.5 Å². The first-order valence-corrected chi connectivity index (χ1v) is 5.91. The number of carbonyl (C=O) groups is 4. The van der Waals surface area contributed by atoms with Gasteiger partial charge < -0.3 is 27.2 Å². The largest absolute Gasteiger partial charge is 0.480 e. The highest BCUT2D eigenvalue weighted by atomic mass is 16.4. The van der Waals surface area contributed by atoms with Gasteiger partial charge in [-0.3, -0.25) is 9.59 Å². The van der Waals surface area contributed by atoms with Crippen LogP contribution in [0.15, 0.2) is 0 Å². The van der Waals surface area contributed by atoms with Crippen LogP contribution >= 0.6 is 0 Å². The maximum absolute atomic E-state index is 11.5. The molecule has 0 aliphatic heterocycles. The summed E-state index contributed by atoms with van der Waals surface area (Å²) in [5.41, 5.74) is 9.08. The second-order valence-electron chi connectivity index (χ2n) is 4.97. The Balaban J connectivity index is 4.37.